The van der Waals surface area contributed by atoms with Gasteiger partial charge < -0.3 is 5.21 Å². The fourth-order valence-electron chi connectivity index (χ4n) is 1.27. The zero-order valence-corrected chi connectivity index (χ0v) is 9.14. The molecule has 0 bridgehead atoms. The van der Waals surface area contributed by atoms with Gasteiger partial charge in [-0.2, -0.15) is 0 Å². The van der Waals surface area contributed by atoms with Gasteiger partial charge >= 0.3 is 0 Å². The molecule has 78 valence electrons. The van der Waals surface area contributed by atoms with Gasteiger partial charge in [-0.1, -0.05) is 11.0 Å². The van der Waals surface area contributed by atoms with E-state index in [1.54, 1.807) is 19.1 Å². The minimum Gasteiger partial charge on any atom is -0.302 e. The quantitative estimate of drug-likeness (QED) is 0.730. The Morgan fingerprint density at radius 1 is 1.07 bits per heavy atom. The second-order valence-corrected chi connectivity index (χ2v) is 4.93. The average Bonchev–Trinajstić information content (AvgIpc) is 2.11. The van der Waals surface area contributed by atoms with Crippen molar-refractivity contribution in [2.24, 2.45) is 0 Å². The zero-order chi connectivity index (χ0) is 10.9. The normalized spacial score (nSPS) is 11.7. The van der Waals surface area contributed by atoms with Crippen molar-refractivity contribution in [1.82, 2.24) is 4.89 Å². The summed E-state index contributed by atoms with van der Waals surface area (Å²) in [6.07, 6.45) is 0. The van der Waals surface area contributed by atoms with E-state index in [0.29, 0.717) is 5.56 Å². The molecule has 0 atom stereocenters. The van der Waals surface area contributed by atoms with E-state index in [0.717, 1.165) is 11.1 Å². The lowest BCUT2D eigenvalue weighted by molar-refractivity contribution is 0.242. The van der Waals surface area contributed by atoms with Crippen molar-refractivity contribution in [2.45, 2.75) is 25.7 Å². The van der Waals surface area contributed by atoms with Gasteiger partial charge in [0, 0.05) is 0 Å². The first kappa shape index (κ1) is 11.2. The van der Waals surface area contributed by atoms with E-state index >= 15 is 0 Å². The van der Waals surface area contributed by atoms with Gasteiger partial charge in [0.15, 0.2) is 0 Å². The Kier molecular flexibility index (Phi) is 2.94. The van der Waals surface area contributed by atoms with E-state index in [1.165, 1.54) is 4.89 Å². The highest BCUT2D eigenvalue weighted by Crippen LogP contribution is 2.19. The summed E-state index contributed by atoms with van der Waals surface area (Å²) in [7, 11) is -3.76. The topological polar surface area (TPSA) is 66.4 Å². The SMILES string of the molecule is Cc1cc(C)c(S(=O)(=O)NO)cc1C. The number of rotatable bonds is 2. The molecule has 2 N–H and O–H groups in total. The number of aryl methyl sites for hydroxylation is 3. The molecule has 0 radical (unpaired) electrons. The van der Waals surface area contributed by atoms with Crippen LogP contribution in [0.4, 0.5) is 0 Å². The highest BCUT2D eigenvalue weighted by Gasteiger charge is 2.16. The van der Waals surface area contributed by atoms with E-state index in [2.05, 4.69) is 0 Å². The van der Waals surface area contributed by atoms with Gasteiger partial charge in [-0.25, -0.2) is 8.42 Å². The van der Waals surface area contributed by atoms with Gasteiger partial charge in [0.2, 0.25) is 0 Å². The lowest BCUT2D eigenvalue weighted by atomic mass is 10.1. The molecule has 0 saturated carbocycles. The molecule has 1 aromatic rings. The second-order valence-electron chi connectivity index (χ2n) is 3.30. The summed E-state index contributed by atoms with van der Waals surface area (Å²) in [5, 5.41) is 8.49. The predicted octanol–water partition coefficient (Wildman–Crippen LogP) is 1.28. The molecular weight excluding hydrogens is 202 g/mol. The van der Waals surface area contributed by atoms with Crippen LogP contribution in [0.5, 0.6) is 0 Å². The summed E-state index contributed by atoms with van der Waals surface area (Å²) in [6, 6.07) is 3.32. The zero-order valence-electron chi connectivity index (χ0n) is 8.33. The van der Waals surface area contributed by atoms with Gasteiger partial charge in [0.1, 0.15) is 0 Å². The van der Waals surface area contributed by atoms with Gasteiger partial charge in [-0.3, -0.25) is 0 Å². The van der Waals surface area contributed by atoms with Gasteiger partial charge in [-0.05, 0) is 43.5 Å². The first-order valence-electron chi connectivity index (χ1n) is 4.12. The van der Waals surface area contributed by atoms with Crippen molar-refractivity contribution in [3.8, 4) is 0 Å². The second kappa shape index (κ2) is 3.68. The Labute approximate surface area is 83.6 Å². The molecule has 0 fully saturated rings. The van der Waals surface area contributed by atoms with Crippen LogP contribution in [0.3, 0.4) is 0 Å². The number of sulfonamides is 1. The van der Waals surface area contributed by atoms with Gasteiger partial charge in [0.25, 0.3) is 10.0 Å². The first-order chi connectivity index (χ1) is 6.38. The summed E-state index contributed by atoms with van der Waals surface area (Å²) in [6.45, 7) is 5.42. The minimum absolute atomic E-state index is 0.114. The lowest BCUT2D eigenvalue weighted by Gasteiger charge is -2.08. The standard InChI is InChI=1S/C9H13NO3S/c1-6-4-8(3)9(5-7(6)2)14(12,13)10-11/h4-5,10-11H,1-3H3. The average molecular weight is 215 g/mol. The van der Waals surface area contributed by atoms with Crippen molar-refractivity contribution in [2.75, 3.05) is 0 Å². The molecular formula is C9H13NO3S. The highest BCUT2D eigenvalue weighted by molar-refractivity contribution is 7.89. The van der Waals surface area contributed by atoms with Crippen LogP contribution in [0.15, 0.2) is 17.0 Å². The number of benzene rings is 1. The van der Waals surface area contributed by atoms with E-state index < -0.39 is 10.0 Å². The van der Waals surface area contributed by atoms with E-state index in [9.17, 15) is 8.42 Å². The molecule has 0 spiro atoms. The Morgan fingerprint density at radius 3 is 2.07 bits per heavy atom. The molecule has 0 aliphatic rings. The molecule has 4 nitrogen and oxygen atoms in total. The molecule has 0 saturated heterocycles. The molecule has 0 amide bonds. The Balaban J connectivity index is 3.45. The monoisotopic (exact) mass is 215 g/mol. The number of nitrogens with one attached hydrogen (secondary N) is 1. The third kappa shape index (κ3) is 1.95. The van der Waals surface area contributed by atoms with Crippen molar-refractivity contribution in [1.29, 1.82) is 0 Å². The van der Waals surface area contributed by atoms with Crippen LogP contribution in [0.1, 0.15) is 16.7 Å². The molecule has 1 aromatic carbocycles. The van der Waals surface area contributed by atoms with Crippen LogP contribution in [0.25, 0.3) is 0 Å². The predicted molar refractivity (Wildman–Crippen MR) is 52.8 cm³/mol. The van der Waals surface area contributed by atoms with E-state index in [-0.39, 0.29) is 4.90 Å². The molecule has 0 aliphatic heterocycles. The summed E-state index contributed by atoms with van der Waals surface area (Å²) in [5.41, 5.74) is 2.53. The highest BCUT2D eigenvalue weighted by atomic mass is 32.2. The lowest BCUT2D eigenvalue weighted by Crippen LogP contribution is -2.20. The van der Waals surface area contributed by atoms with Gasteiger partial charge in [0.05, 0.1) is 4.90 Å². The van der Waals surface area contributed by atoms with Gasteiger partial charge in [-0.15, -0.1) is 0 Å². The minimum atomic E-state index is -3.76. The van der Waals surface area contributed by atoms with Crippen LogP contribution < -0.4 is 4.89 Å². The van der Waals surface area contributed by atoms with Crippen LogP contribution in [0, 0.1) is 20.8 Å². The Hall–Kier alpha value is -0.910. The van der Waals surface area contributed by atoms with Crippen LogP contribution in [0.2, 0.25) is 0 Å². The molecule has 0 aliphatic carbocycles. The molecule has 14 heavy (non-hydrogen) atoms. The molecule has 0 heterocycles. The molecule has 1 rings (SSSR count). The largest absolute Gasteiger partial charge is 0.302 e. The van der Waals surface area contributed by atoms with E-state index in [4.69, 9.17) is 5.21 Å². The third-order valence-corrected chi connectivity index (χ3v) is 3.46. The van der Waals surface area contributed by atoms with E-state index in [1.807, 2.05) is 13.8 Å². The maximum absolute atomic E-state index is 11.3. The maximum atomic E-state index is 11.3. The van der Waals surface area contributed by atoms with Crippen molar-refractivity contribution < 1.29 is 13.6 Å². The number of hydrogen-bond acceptors (Lipinski definition) is 3. The Morgan fingerprint density at radius 2 is 1.57 bits per heavy atom. The fourth-order valence-corrected chi connectivity index (χ4v) is 2.19. The molecule has 5 heteroatoms. The third-order valence-electron chi connectivity index (χ3n) is 2.20. The molecule has 0 aromatic heterocycles. The number of hydrogen-bond donors (Lipinski definition) is 2. The van der Waals surface area contributed by atoms with Crippen molar-refractivity contribution >= 4 is 10.0 Å². The van der Waals surface area contributed by atoms with Crippen LogP contribution >= 0.6 is 0 Å². The molecule has 0 unspecified atom stereocenters. The smallest absolute Gasteiger partial charge is 0.262 e. The summed E-state index contributed by atoms with van der Waals surface area (Å²) in [5.74, 6) is 0. The van der Waals surface area contributed by atoms with Crippen LogP contribution in [-0.4, -0.2) is 13.6 Å². The summed E-state index contributed by atoms with van der Waals surface area (Å²) in [4.78, 5) is 1.43. The van der Waals surface area contributed by atoms with Crippen molar-refractivity contribution in [3.05, 3.63) is 28.8 Å². The fraction of sp³-hybridized carbons (Fsp3) is 0.333. The first-order valence-corrected chi connectivity index (χ1v) is 5.60. The van der Waals surface area contributed by atoms with Crippen LogP contribution in [-0.2, 0) is 10.0 Å². The Bertz CT molecular complexity index is 451. The van der Waals surface area contributed by atoms with Crippen molar-refractivity contribution in [3.63, 3.8) is 0 Å². The summed E-state index contributed by atoms with van der Waals surface area (Å²) < 4.78 is 22.6. The summed E-state index contributed by atoms with van der Waals surface area (Å²) >= 11 is 0. The maximum Gasteiger partial charge on any atom is 0.262 e.